The molecule has 1 amide bonds. The van der Waals surface area contributed by atoms with Crippen LogP contribution < -0.4 is 0 Å². The molecular weight excluding hydrogens is 365 g/mol. The third-order valence-corrected chi connectivity index (χ3v) is 6.65. The van der Waals surface area contributed by atoms with Gasteiger partial charge in [-0.15, -0.1) is 0 Å². The molecule has 2 fully saturated rings. The van der Waals surface area contributed by atoms with Crippen LogP contribution in [0.2, 0.25) is 0 Å². The monoisotopic (exact) mass is 397 g/mol. The molecule has 1 unspecified atom stereocenters. The number of likely N-dealkylation sites (tertiary alicyclic amines) is 1. The van der Waals surface area contributed by atoms with E-state index < -0.39 is 0 Å². The van der Waals surface area contributed by atoms with Crippen LogP contribution in [-0.2, 0) is 17.8 Å². The van der Waals surface area contributed by atoms with Gasteiger partial charge in [-0.3, -0.25) is 4.79 Å². The van der Waals surface area contributed by atoms with Crippen LogP contribution >= 0.6 is 0 Å². The van der Waals surface area contributed by atoms with Crippen LogP contribution in [0, 0.1) is 24.6 Å². The zero-order valence-electron chi connectivity index (χ0n) is 17.4. The first-order valence-electron chi connectivity index (χ1n) is 11.1. The summed E-state index contributed by atoms with van der Waals surface area (Å²) < 4.78 is 15.4. The van der Waals surface area contributed by atoms with Crippen molar-refractivity contribution in [2.45, 2.75) is 64.8 Å². The molecule has 0 spiro atoms. The standard InChI is InChI=1S/C24H32FN3O/c1-18-15-26-23(28(18)17-19-9-11-22(25)12-10-19)14-20-6-5-13-27(16-20)24(29)21-7-3-2-4-8-21/h9-12,15,20-21H,2-8,13-14,16-17H2,1H3. The Morgan fingerprint density at radius 1 is 1.10 bits per heavy atom. The van der Waals surface area contributed by atoms with Gasteiger partial charge in [0.25, 0.3) is 0 Å². The maximum Gasteiger partial charge on any atom is 0.225 e. The third kappa shape index (κ3) is 4.88. The number of amides is 1. The predicted molar refractivity (Wildman–Crippen MR) is 112 cm³/mol. The van der Waals surface area contributed by atoms with Crippen molar-refractivity contribution in [3.63, 3.8) is 0 Å². The van der Waals surface area contributed by atoms with Gasteiger partial charge in [0.1, 0.15) is 11.6 Å². The Morgan fingerprint density at radius 2 is 1.86 bits per heavy atom. The first-order valence-corrected chi connectivity index (χ1v) is 11.1. The van der Waals surface area contributed by atoms with Crippen LogP contribution in [-0.4, -0.2) is 33.4 Å². The Kier molecular flexibility index (Phi) is 6.31. The van der Waals surface area contributed by atoms with E-state index in [-0.39, 0.29) is 11.7 Å². The topological polar surface area (TPSA) is 38.1 Å². The third-order valence-electron chi connectivity index (χ3n) is 6.65. The molecule has 4 rings (SSSR count). The van der Waals surface area contributed by atoms with E-state index in [1.165, 1.54) is 31.4 Å². The fraction of sp³-hybridized carbons (Fsp3) is 0.583. The summed E-state index contributed by atoms with van der Waals surface area (Å²) in [5.74, 6) is 1.97. The molecule has 1 aliphatic heterocycles. The molecule has 1 saturated heterocycles. The highest BCUT2D eigenvalue weighted by molar-refractivity contribution is 5.79. The minimum Gasteiger partial charge on any atom is -0.342 e. The van der Waals surface area contributed by atoms with Crippen molar-refractivity contribution in [1.82, 2.24) is 14.5 Å². The number of piperidine rings is 1. The maximum atomic E-state index is 13.2. The normalized spacial score (nSPS) is 20.8. The summed E-state index contributed by atoms with van der Waals surface area (Å²) in [6.45, 7) is 4.55. The summed E-state index contributed by atoms with van der Waals surface area (Å²) in [4.78, 5) is 19.8. The van der Waals surface area contributed by atoms with Crippen molar-refractivity contribution < 1.29 is 9.18 Å². The van der Waals surface area contributed by atoms with E-state index >= 15 is 0 Å². The Hall–Kier alpha value is -2.17. The van der Waals surface area contributed by atoms with Crippen LogP contribution in [0.1, 0.15) is 62.0 Å². The zero-order chi connectivity index (χ0) is 20.2. The molecule has 0 bridgehead atoms. The number of aryl methyl sites for hydroxylation is 1. The number of halogens is 1. The number of rotatable bonds is 5. The van der Waals surface area contributed by atoms with Gasteiger partial charge in [-0.2, -0.15) is 0 Å². The predicted octanol–water partition coefficient (Wildman–Crippen LogP) is 4.74. The number of benzene rings is 1. The summed E-state index contributed by atoms with van der Waals surface area (Å²) in [6.07, 6.45) is 10.9. The first kappa shape index (κ1) is 20.1. The number of aromatic nitrogens is 2. The van der Waals surface area contributed by atoms with Gasteiger partial charge in [0.15, 0.2) is 0 Å². The summed E-state index contributed by atoms with van der Waals surface area (Å²) in [5.41, 5.74) is 2.20. The Bertz CT molecular complexity index is 823. The molecule has 5 heteroatoms. The van der Waals surface area contributed by atoms with Crippen LogP contribution in [0.5, 0.6) is 0 Å². The van der Waals surface area contributed by atoms with Crippen molar-refractivity contribution in [3.8, 4) is 0 Å². The van der Waals surface area contributed by atoms with Crippen molar-refractivity contribution in [3.05, 3.63) is 53.4 Å². The molecule has 2 aromatic rings. The maximum absolute atomic E-state index is 13.2. The Morgan fingerprint density at radius 3 is 2.62 bits per heavy atom. The van der Waals surface area contributed by atoms with Gasteiger partial charge in [-0.25, -0.2) is 9.37 Å². The largest absolute Gasteiger partial charge is 0.342 e. The minimum absolute atomic E-state index is 0.207. The fourth-order valence-electron chi connectivity index (χ4n) is 4.96. The molecule has 29 heavy (non-hydrogen) atoms. The lowest BCUT2D eigenvalue weighted by atomic mass is 9.86. The second-order valence-corrected chi connectivity index (χ2v) is 8.86. The van der Waals surface area contributed by atoms with E-state index in [0.29, 0.717) is 18.4 Å². The van der Waals surface area contributed by atoms with Crippen LogP contribution in [0.3, 0.4) is 0 Å². The van der Waals surface area contributed by atoms with Crippen LogP contribution in [0.25, 0.3) is 0 Å². The van der Waals surface area contributed by atoms with E-state index in [9.17, 15) is 9.18 Å². The molecule has 1 aliphatic carbocycles. The highest BCUT2D eigenvalue weighted by Gasteiger charge is 2.30. The fourth-order valence-corrected chi connectivity index (χ4v) is 4.96. The van der Waals surface area contributed by atoms with Crippen molar-refractivity contribution >= 4 is 5.91 Å². The van der Waals surface area contributed by atoms with E-state index in [1.807, 2.05) is 18.3 Å². The quantitative estimate of drug-likeness (QED) is 0.731. The summed E-state index contributed by atoms with van der Waals surface area (Å²) >= 11 is 0. The van der Waals surface area contributed by atoms with E-state index in [1.54, 1.807) is 0 Å². The molecule has 1 aromatic heterocycles. The van der Waals surface area contributed by atoms with Gasteiger partial charge in [0, 0.05) is 43.9 Å². The molecule has 1 aromatic carbocycles. The van der Waals surface area contributed by atoms with Gasteiger partial charge in [0.2, 0.25) is 5.91 Å². The van der Waals surface area contributed by atoms with Gasteiger partial charge < -0.3 is 9.47 Å². The average Bonchev–Trinajstić information content (AvgIpc) is 3.09. The SMILES string of the molecule is Cc1cnc(CC2CCCN(C(=O)C3CCCCC3)C2)n1Cc1ccc(F)cc1. The van der Waals surface area contributed by atoms with Gasteiger partial charge in [-0.05, 0) is 56.2 Å². The molecule has 2 heterocycles. The molecular formula is C24H32FN3O. The van der Waals surface area contributed by atoms with Crippen molar-refractivity contribution in [1.29, 1.82) is 0 Å². The van der Waals surface area contributed by atoms with E-state index in [2.05, 4.69) is 21.4 Å². The molecule has 1 atom stereocenters. The number of hydrogen-bond acceptors (Lipinski definition) is 2. The lowest BCUT2D eigenvalue weighted by Gasteiger charge is -2.36. The number of hydrogen-bond donors (Lipinski definition) is 0. The summed E-state index contributed by atoms with van der Waals surface area (Å²) in [7, 11) is 0. The molecule has 4 nitrogen and oxygen atoms in total. The molecule has 2 aliphatic rings. The Labute approximate surface area is 173 Å². The molecule has 0 N–H and O–H groups in total. The number of nitrogens with zero attached hydrogens (tertiary/aromatic N) is 3. The van der Waals surface area contributed by atoms with E-state index in [4.69, 9.17) is 0 Å². The van der Waals surface area contributed by atoms with Crippen LogP contribution in [0.15, 0.2) is 30.5 Å². The highest BCUT2D eigenvalue weighted by Crippen LogP contribution is 2.28. The molecule has 156 valence electrons. The van der Waals surface area contributed by atoms with Crippen LogP contribution in [0.4, 0.5) is 4.39 Å². The Balaban J connectivity index is 1.41. The highest BCUT2D eigenvalue weighted by atomic mass is 19.1. The number of imidazole rings is 1. The lowest BCUT2D eigenvalue weighted by Crippen LogP contribution is -2.44. The number of carbonyl (C=O) groups excluding carboxylic acids is 1. The summed E-state index contributed by atoms with van der Waals surface area (Å²) in [6, 6.07) is 6.70. The minimum atomic E-state index is -0.207. The van der Waals surface area contributed by atoms with Gasteiger partial charge in [0.05, 0.1) is 0 Å². The average molecular weight is 398 g/mol. The summed E-state index contributed by atoms with van der Waals surface area (Å²) in [5, 5.41) is 0. The van der Waals surface area contributed by atoms with Gasteiger partial charge >= 0.3 is 0 Å². The van der Waals surface area contributed by atoms with Gasteiger partial charge in [-0.1, -0.05) is 31.4 Å². The first-order chi connectivity index (χ1) is 14.1. The van der Waals surface area contributed by atoms with E-state index in [0.717, 1.165) is 62.3 Å². The lowest BCUT2D eigenvalue weighted by molar-refractivity contribution is -0.138. The molecule has 0 radical (unpaired) electrons. The number of carbonyl (C=O) groups is 1. The van der Waals surface area contributed by atoms with Crippen molar-refractivity contribution in [2.24, 2.45) is 11.8 Å². The zero-order valence-corrected chi connectivity index (χ0v) is 17.4. The second-order valence-electron chi connectivity index (χ2n) is 8.86. The second kappa shape index (κ2) is 9.10. The molecule has 1 saturated carbocycles. The van der Waals surface area contributed by atoms with Crippen molar-refractivity contribution in [2.75, 3.05) is 13.1 Å². The smallest absolute Gasteiger partial charge is 0.225 e.